The van der Waals surface area contributed by atoms with Crippen LogP contribution < -0.4 is 11.1 Å². The Bertz CT molecular complexity index is 118. The van der Waals surface area contributed by atoms with Crippen molar-refractivity contribution in [1.82, 2.24) is 5.32 Å². The maximum Gasteiger partial charge on any atom is 0.163 e. The van der Waals surface area contributed by atoms with Gasteiger partial charge < -0.3 is 11.1 Å². The zero-order valence-corrected chi connectivity index (χ0v) is 9.27. The molecule has 0 aromatic rings. The van der Waals surface area contributed by atoms with Gasteiger partial charge in [0.05, 0.1) is 0 Å². The highest BCUT2D eigenvalue weighted by atomic mass is 32.2. The lowest BCUT2D eigenvalue weighted by Gasteiger charge is -2.02. The van der Waals surface area contributed by atoms with Crippen molar-refractivity contribution in [2.24, 2.45) is 5.73 Å². The first-order valence-corrected chi connectivity index (χ1v) is 6.10. The summed E-state index contributed by atoms with van der Waals surface area (Å²) in [7, 11) is 0. The Labute approximate surface area is 84.7 Å². The number of nitrogens with two attached hydrogens (primary N) is 1. The molecule has 0 aromatic carbocycles. The molecule has 4 heteroatoms. The van der Waals surface area contributed by atoms with E-state index in [4.69, 9.17) is 5.73 Å². The van der Waals surface area contributed by atoms with E-state index < -0.39 is 0 Å². The van der Waals surface area contributed by atoms with Gasteiger partial charge in [0.25, 0.3) is 0 Å². The summed E-state index contributed by atoms with van der Waals surface area (Å²) in [6, 6.07) is 0. The Morgan fingerprint density at radius 1 is 1.33 bits per heavy atom. The van der Waals surface area contributed by atoms with Crippen molar-refractivity contribution in [1.29, 1.82) is 0 Å². The van der Waals surface area contributed by atoms with Crippen LogP contribution in [-0.2, 0) is 0 Å². The van der Waals surface area contributed by atoms with E-state index in [1.165, 1.54) is 31.4 Å². The van der Waals surface area contributed by atoms with Crippen molar-refractivity contribution < 1.29 is 0 Å². The fourth-order valence-electron chi connectivity index (χ4n) is 0.937. The largest absolute Gasteiger partial charge is 0.376 e. The zero-order valence-electron chi connectivity index (χ0n) is 7.64. The van der Waals surface area contributed by atoms with Crippen LogP contribution in [-0.4, -0.2) is 23.7 Å². The lowest BCUT2D eigenvalue weighted by molar-refractivity contribution is 0.658. The number of hydrogen-bond acceptors (Lipinski definition) is 2. The Morgan fingerprint density at radius 3 is 2.58 bits per heavy atom. The van der Waals surface area contributed by atoms with Gasteiger partial charge in [-0.3, -0.25) is 0 Å². The van der Waals surface area contributed by atoms with E-state index in [-0.39, 0.29) is 0 Å². The van der Waals surface area contributed by atoms with Crippen LogP contribution in [0, 0.1) is 0 Å². The van der Waals surface area contributed by atoms with Gasteiger partial charge in [-0.15, -0.1) is 0 Å². The molecule has 0 bridgehead atoms. The van der Waals surface area contributed by atoms with Crippen LogP contribution in [0.25, 0.3) is 0 Å². The second kappa shape index (κ2) is 9.13. The fourth-order valence-corrected chi connectivity index (χ4v) is 1.53. The lowest BCUT2D eigenvalue weighted by Crippen LogP contribution is -2.29. The third-order valence-corrected chi connectivity index (χ3v) is 2.42. The summed E-state index contributed by atoms with van der Waals surface area (Å²) in [5.74, 6) is 1.28. The van der Waals surface area contributed by atoms with E-state index in [0.717, 1.165) is 6.54 Å². The smallest absolute Gasteiger partial charge is 0.163 e. The van der Waals surface area contributed by atoms with Crippen LogP contribution in [0.3, 0.4) is 0 Å². The van der Waals surface area contributed by atoms with E-state index >= 15 is 0 Å². The van der Waals surface area contributed by atoms with E-state index in [1.807, 2.05) is 11.8 Å². The van der Waals surface area contributed by atoms with Gasteiger partial charge in [-0.25, -0.2) is 0 Å². The average Bonchev–Trinajstić information content (AvgIpc) is 2.02. The number of nitrogens with one attached hydrogen (secondary N) is 1. The molecule has 0 atom stereocenters. The minimum absolute atomic E-state index is 0.416. The van der Waals surface area contributed by atoms with Gasteiger partial charge in [-0.05, 0) is 37.1 Å². The van der Waals surface area contributed by atoms with Crippen molar-refractivity contribution in [3.8, 4) is 0 Å². The van der Waals surface area contributed by atoms with Gasteiger partial charge in [0, 0.05) is 6.54 Å². The van der Waals surface area contributed by atoms with Crippen LogP contribution >= 0.6 is 24.0 Å². The van der Waals surface area contributed by atoms with E-state index in [2.05, 4.69) is 23.8 Å². The van der Waals surface area contributed by atoms with Gasteiger partial charge in [0.1, 0.15) is 0 Å². The predicted octanol–water partition coefficient (Wildman–Crippen LogP) is 1.74. The molecular formula is C8H18N2S2. The maximum atomic E-state index is 5.27. The highest BCUT2D eigenvalue weighted by molar-refractivity contribution is 7.98. The second-order valence-corrected chi connectivity index (χ2v) is 4.12. The van der Waals surface area contributed by atoms with Gasteiger partial charge in [0.15, 0.2) is 5.11 Å². The highest BCUT2D eigenvalue weighted by Crippen LogP contribution is 2.03. The minimum Gasteiger partial charge on any atom is -0.376 e. The standard InChI is InChI=1S/C8H18N2S2/c1-12-7-5-3-2-4-6-10-8(9)11/h2-7H2,1H3,(H3,9,10,11). The Morgan fingerprint density at radius 2 is 2.00 bits per heavy atom. The summed E-state index contributed by atoms with van der Waals surface area (Å²) in [6.07, 6.45) is 7.24. The van der Waals surface area contributed by atoms with Crippen molar-refractivity contribution in [2.45, 2.75) is 25.7 Å². The summed E-state index contributed by atoms with van der Waals surface area (Å²) < 4.78 is 0. The molecule has 3 N–H and O–H groups in total. The molecule has 0 amide bonds. The normalized spacial score (nSPS) is 9.75. The fraction of sp³-hybridized carbons (Fsp3) is 0.875. The molecule has 0 spiro atoms. The van der Waals surface area contributed by atoms with E-state index in [0.29, 0.717) is 5.11 Å². The van der Waals surface area contributed by atoms with Gasteiger partial charge >= 0.3 is 0 Å². The third-order valence-electron chi connectivity index (χ3n) is 1.57. The molecule has 0 aliphatic carbocycles. The molecule has 0 saturated carbocycles. The number of thiocarbonyl (C=S) groups is 1. The molecule has 0 saturated heterocycles. The van der Waals surface area contributed by atoms with Crippen LogP contribution in [0.4, 0.5) is 0 Å². The van der Waals surface area contributed by atoms with Crippen LogP contribution in [0.2, 0.25) is 0 Å². The first kappa shape index (κ1) is 12.0. The molecule has 72 valence electrons. The van der Waals surface area contributed by atoms with Gasteiger partial charge in [0.2, 0.25) is 0 Å². The van der Waals surface area contributed by atoms with Crippen molar-refractivity contribution in [2.75, 3.05) is 18.6 Å². The van der Waals surface area contributed by atoms with Crippen LogP contribution in [0.1, 0.15) is 25.7 Å². The molecule has 0 unspecified atom stereocenters. The topological polar surface area (TPSA) is 38.0 Å². The second-order valence-electron chi connectivity index (χ2n) is 2.70. The SMILES string of the molecule is CSCCCCCCNC(N)=S. The monoisotopic (exact) mass is 206 g/mol. The molecule has 0 fully saturated rings. The Hall–Kier alpha value is 0.0400. The first-order valence-electron chi connectivity index (χ1n) is 4.29. The van der Waals surface area contributed by atoms with Crippen molar-refractivity contribution in [3.05, 3.63) is 0 Å². The molecule has 0 aromatic heterocycles. The van der Waals surface area contributed by atoms with Crippen LogP contribution in [0.5, 0.6) is 0 Å². The summed E-state index contributed by atoms with van der Waals surface area (Å²) in [5.41, 5.74) is 5.27. The first-order chi connectivity index (χ1) is 5.77. The number of unbranched alkanes of at least 4 members (excludes halogenated alkanes) is 3. The molecular weight excluding hydrogens is 188 g/mol. The summed E-state index contributed by atoms with van der Waals surface area (Å²) >= 11 is 6.59. The maximum absolute atomic E-state index is 5.27. The molecule has 0 radical (unpaired) electrons. The van der Waals surface area contributed by atoms with Gasteiger partial charge in [-0.1, -0.05) is 12.8 Å². The summed E-state index contributed by atoms with van der Waals surface area (Å²) in [4.78, 5) is 0. The summed E-state index contributed by atoms with van der Waals surface area (Å²) in [5, 5.41) is 3.36. The molecule has 2 nitrogen and oxygen atoms in total. The molecule has 0 aliphatic rings. The molecule has 0 heterocycles. The highest BCUT2D eigenvalue weighted by Gasteiger charge is 1.90. The Balaban J connectivity index is 2.86. The zero-order chi connectivity index (χ0) is 9.23. The number of rotatable bonds is 7. The van der Waals surface area contributed by atoms with E-state index in [1.54, 1.807) is 0 Å². The van der Waals surface area contributed by atoms with Crippen molar-refractivity contribution >= 4 is 29.1 Å². The van der Waals surface area contributed by atoms with E-state index in [9.17, 15) is 0 Å². The van der Waals surface area contributed by atoms with Gasteiger partial charge in [-0.2, -0.15) is 11.8 Å². The number of thioether (sulfide) groups is 1. The predicted molar refractivity (Wildman–Crippen MR) is 61.6 cm³/mol. The molecule has 0 rings (SSSR count). The Kier molecular flexibility index (Phi) is 9.16. The third kappa shape index (κ3) is 10.0. The quantitative estimate of drug-likeness (QED) is 0.491. The molecule has 12 heavy (non-hydrogen) atoms. The summed E-state index contributed by atoms with van der Waals surface area (Å²) in [6.45, 7) is 0.925. The average molecular weight is 206 g/mol. The minimum atomic E-state index is 0.416. The number of hydrogen-bond donors (Lipinski definition) is 2. The van der Waals surface area contributed by atoms with Crippen molar-refractivity contribution in [3.63, 3.8) is 0 Å². The molecule has 0 aliphatic heterocycles. The van der Waals surface area contributed by atoms with Crippen LogP contribution in [0.15, 0.2) is 0 Å². The lowest BCUT2D eigenvalue weighted by atomic mass is 10.2.